The lowest BCUT2D eigenvalue weighted by Gasteiger charge is -2.25. The number of aromatic nitrogens is 1. The molecule has 30 heavy (non-hydrogen) atoms. The van der Waals surface area contributed by atoms with Gasteiger partial charge in [-0.2, -0.15) is 0 Å². The third-order valence-electron chi connectivity index (χ3n) is 4.93. The molecule has 0 spiro atoms. The van der Waals surface area contributed by atoms with Crippen LogP contribution in [0.1, 0.15) is 24.2 Å². The Labute approximate surface area is 197 Å². The molecule has 2 aromatic carbocycles. The van der Waals surface area contributed by atoms with Crippen LogP contribution in [0.25, 0.3) is 10.2 Å². The monoisotopic (exact) mass is 481 g/mol. The minimum Gasteiger partial charge on any atom is -0.302 e. The molecule has 162 valence electrons. The molecular weight excluding hydrogens is 454 g/mol. The highest BCUT2D eigenvalue weighted by atomic mass is 35.5. The van der Waals surface area contributed by atoms with Gasteiger partial charge < -0.3 is 4.90 Å². The number of carbonyl (C=O) groups excluding carboxylic acids is 1. The van der Waals surface area contributed by atoms with E-state index in [-0.39, 0.29) is 18.3 Å². The van der Waals surface area contributed by atoms with Crippen molar-refractivity contribution in [3.05, 3.63) is 48.0 Å². The van der Waals surface area contributed by atoms with Crippen LogP contribution in [0.5, 0.6) is 0 Å². The summed E-state index contributed by atoms with van der Waals surface area (Å²) < 4.78 is 1.12. The lowest BCUT2D eigenvalue weighted by molar-refractivity contribution is 0.0981. The van der Waals surface area contributed by atoms with Crippen molar-refractivity contribution in [3.8, 4) is 0 Å². The number of thioether (sulfide) groups is 2. The van der Waals surface area contributed by atoms with Crippen molar-refractivity contribution in [2.45, 2.75) is 23.6 Å². The Balaban J connectivity index is 0.00000320. The normalized spacial score (nSPS) is 11.0. The van der Waals surface area contributed by atoms with Crippen LogP contribution in [0, 0.1) is 0 Å². The van der Waals surface area contributed by atoms with E-state index in [4.69, 9.17) is 4.98 Å². The number of anilines is 1. The molecule has 4 nitrogen and oxygen atoms in total. The Morgan fingerprint density at radius 1 is 1.03 bits per heavy atom. The summed E-state index contributed by atoms with van der Waals surface area (Å²) in [6.45, 7) is 7.69. The van der Waals surface area contributed by atoms with E-state index in [2.05, 4.69) is 37.1 Å². The van der Waals surface area contributed by atoms with Gasteiger partial charge in [-0.15, -0.1) is 35.9 Å². The Morgan fingerprint density at radius 3 is 2.43 bits per heavy atom. The molecule has 0 fully saturated rings. The molecule has 0 unspecified atom stereocenters. The summed E-state index contributed by atoms with van der Waals surface area (Å²) in [5.41, 5.74) is 1.69. The second-order valence-corrected chi connectivity index (χ2v) is 9.25. The fourth-order valence-electron chi connectivity index (χ4n) is 3.17. The first-order chi connectivity index (χ1) is 14.1. The van der Waals surface area contributed by atoms with Crippen LogP contribution in [0.4, 0.5) is 5.13 Å². The molecule has 3 aromatic rings. The molecular formula is C22H28ClN3OS3. The van der Waals surface area contributed by atoms with Crippen LogP contribution < -0.4 is 4.90 Å². The molecule has 3 rings (SSSR count). The van der Waals surface area contributed by atoms with Crippen LogP contribution in [-0.2, 0) is 0 Å². The quantitative estimate of drug-likeness (QED) is 0.342. The van der Waals surface area contributed by atoms with Gasteiger partial charge in [-0.3, -0.25) is 9.69 Å². The maximum Gasteiger partial charge on any atom is 0.261 e. The number of fused-ring (bicyclic) bond motifs is 1. The van der Waals surface area contributed by atoms with Gasteiger partial charge in [0.05, 0.1) is 15.8 Å². The van der Waals surface area contributed by atoms with Gasteiger partial charge in [0.25, 0.3) is 5.91 Å². The van der Waals surface area contributed by atoms with Crippen molar-refractivity contribution in [2.24, 2.45) is 0 Å². The van der Waals surface area contributed by atoms with Crippen molar-refractivity contribution in [2.75, 3.05) is 43.6 Å². The van der Waals surface area contributed by atoms with Gasteiger partial charge in [0.2, 0.25) is 0 Å². The predicted octanol–water partition coefficient (Wildman–Crippen LogP) is 6.15. The smallest absolute Gasteiger partial charge is 0.261 e. The highest BCUT2D eigenvalue weighted by Crippen LogP contribution is 2.33. The number of halogens is 1. The van der Waals surface area contributed by atoms with Crippen LogP contribution in [0.2, 0.25) is 0 Å². The molecule has 0 radical (unpaired) electrons. The molecule has 0 aliphatic carbocycles. The maximum atomic E-state index is 13.6. The Kier molecular flexibility index (Phi) is 9.97. The third-order valence-corrected chi connectivity index (χ3v) is 7.49. The van der Waals surface area contributed by atoms with Crippen molar-refractivity contribution in [1.29, 1.82) is 0 Å². The predicted molar refractivity (Wildman–Crippen MR) is 136 cm³/mol. The number of carbonyl (C=O) groups is 1. The first-order valence-corrected chi connectivity index (χ1v) is 13.0. The zero-order valence-electron chi connectivity index (χ0n) is 17.8. The number of likely N-dealkylation sites (N-methyl/N-ethyl adjacent to an activating group) is 1. The van der Waals surface area contributed by atoms with Gasteiger partial charge in [-0.1, -0.05) is 37.3 Å². The second-order valence-electron chi connectivity index (χ2n) is 6.51. The van der Waals surface area contributed by atoms with Crippen LogP contribution >= 0.6 is 47.3 Å². The summed E-state index contributed by atoms with van der Waals surface area (Å²) in [6.07, 6.45) is 4.08. The zero-order chi connectivity index (χ0) is 20.8. The fraction of sp³-hybridized carbons (Fsp3) is 0.364. The summed E-state index contributed by atoms with van der Waals surface area (Å²) in [7, 11) is 0. The Bertz CT molecular complexity index is 975. The zero-order valence-corrected chi connectivity index (χ0v) is 21.0. The molecule has 8 heteroatoms. The van der Waals surface area contributed by atoms with Crippen molar-refractivity contribution in [1.82, 2.24) is 9.88 Å². The molecule has 1 heterocycles. The van der Waals surface area contributed by atoms with Crippen LogP contribution in [0.15, 0.2) is 52.3 Å². The summed E-state index contributed by atoms with van der Waals surface area (Å²) in [6, 6.07) is 14.1. The molecule has 0 aliphatic rings. The molecule has 0 bridgehead atoms. The molecule has 0 atom stereocenters. The number of rotatable bonds is 9. The minimum absolute atomic E-state index is 0. The summed E-state index contributed by atoms with van der Waals surface area (Å²) >= 11 is 4.91. The Hall–Kier alpha value is -1.25. The number of benzene rings is 2. The number of nitrogens with zero attached hydrogens (tertiary/aromatic N) is 3. The lowest BCUT2D eigenvalue weighted by Crippen LogP contribution is -2.39. The van der Waals surface area contributed by atoms with Crippen molar-refractivity contribution in [3.63, 3.8) is 0 Å². The first-order valence-electron chi connectivity index (χ1n) is 9.73. The molecule has 1 aromatic heterocycles. The topological polar surface area (TPSA) is 36.4 Å². The number of amides is 1. The minimum atomic E-state index is 0. The van der Waals surface area contributed by atoms with Crippen LogP contribution in [-0.4, -0.2) is 54.5 Å². The van der Waals surface area contributed by atoms with Gasteiger partial charge in [0.15, 0.2) is 5.13 Å². The van der Waals surface area contributed by atoms with E-state index in [1.807, 2.05) is 41.5 Å². The van der Waals surface area contributed by atoms with Crippen molar-refractivity contribution < 1.29 is 4.79 Å². The Morgan fingerprint density at radius 2 is 1.77 bits per heavy atom. The van der Waals surface area contributed by atoms with E-state index in [1.54, 1.807) is 34.9 Å². The van der Waals surface area contributed by atoms with E-state index in [0.717, 1.165) is 45.4 Å². The average molecular weight is 482 g/mol. The van der Waals surface area contributed by atoms with Gasteiger partial charge in [0.1, 0.15) is 0 Å². The summed E-state index contributed by atoms with van der Waals surface area (Å²) in [5, 5.41) is 0.770. The van der Waals surface area contributed by atoms with Crippen molar-refractivity contribution >= 4 is 68.5 Å². The van der Waals surface area contributed by atoms with Crippen LogP contribution in [0.3, 0.4) is 0 Å². The molecule has 0 saturated heterocycles. The molecule has 0 aliphatic heterocycles. The maximum absolute atomic E-state index is 13.6. The fourth-order valence-corrected chi connectivity index (χ4v) is 5.30. The summed E-state index contributed by atoms with van der Waals surface area (Å²) in [4.78, 5) is 24.8. The van der Waals surface area contributed by atoms with Gasteiger partial charge >= 0.3 is 0 Å². The largest absolute Gasteiger partial charge is 0.302 e. The highest BCUT2D eigenvalue weighted by Gasteiger charge is 2.23. The molecule has 0 N–H and O–H groups in total. The highest BCUT2D eigenvalue weighted by molar-refractivity contribution is 7.98. The standard InChI is InChI=1S/C22H27N3OS3.ClH/c1-5-24(6-2)13-14-25(21(26)17-9-7-8-10-19(17)28-4)22-23-18-12-11-16(27-3)15-20(18)29-22;/h7-12,15H,5-6,13-14H2,1-4H3;1H. The summed E-state index contributed by atoms with van der Waals surface area (Å²) in [5.74, 6) is 0.0197. The second kappa shape index (κ2) is 12.0. The number of hydrogen-bond acceptors (Lipinski definition) is 6. The van der Waals surface area contributed by atoms with E-state index in [1.165, 1.54) is 4.90 Å². The van der Waals surface area contributed by atoms with E-state index >= 15 is 0 Å². The van der Waals surface area contributed by atoms with E-state index in [0.29, 0.717) is 6.54 Å². The molecule has 1 amide bonds. The number of hydrogen-bond donors (Lipinski definition) is 0. The van der Waals surface area contributed by atoms with Gasteiger partial charge in [0, 0.05) is 22.9 Å². The lowest BCUT2D eigenvalue weighted by atomic mass is 10.2. The number of thiazole rings is 1. The first kappa shape index (κ1) is 25.0. The van der Waals surface area contributed by atoms with Gasteiger partial charge in [-0.05, 0) is 55.9 Å². The molecule has 0 saturated carbocycles. The average Bonchev–Trinajstić information content (AvgIpc) is 3.19. The third kappa shape index (κ3) is 5.71. The van der Waals surface area contributed by atoms with Gasteiger partial charge in [-0.25, -0.2) is 4.98 Å². The van der Waals surface area contributed by atoms with E-state index < -0.39 is 0 Å². The SMILES string of the molecule is CCN(CC)CCN(C(=O)c1ccccc1SC)c1nc2ccc(SC)cc2s1.Cl. The van der Waals surface area contributed by atoms with E-state index in [9.17, 15) is 4.79 Å².